The maximum Gasteiger partial charge on any atom is 0.246 e. The minimum Gasteiger partial charge on any atom is -0.437 e. The largest absolute Gasteiger partial charge is 0.437 e. The van der Waals surface area contributed by atoms with E-state index in [1.807, 2.05) is 43.3 Å². The predicted molar refractivity (Wildman–Crippen MR) is 103 cm³/mol. The normalized spacial score (nSPS) is 12.2. The van der Waals surface area contributed by atoms with Gasteiger partial charge in [-0.05, 0) is 42.7 Å². The minimum atomic E-state index is -0.520. The molecule has 6 heteroatoms. The third-order valence-corrected chi connectivity index (χ3v) is 3.91. The number of rotatable bonds is 8. The van der Waals surface area contributed by atoms with Crippen LogP contribution in [0.1, 0.15) is 31.4 Å². The second-order valence-corrected chi connectivity index (χ2v) is 6.33. The number of aliphatic hydroxyl groups is 1. The molecule has 0 spiro atoms. The molecule has 2 rings (SSSR count). The average molecular weight is 375 g/mol. The smallest absolute Gasteiger partial charge is 0.246 e. The number of carbonyl (C=O) groups is 1. The highest BCUT2D eigenvalue weighted by atomic mass is 35.5. The van der Waals surface area contributed by atoms with Crippen LogP contribution in [0.15, 0.2) is 42.6 Å². The topological polar surface area (TPSA) is 71.5 Å². The molecule has 1 heterocycles. The van der Waals surface area contributed by atoms with E-state index in [-0.39, 0.29) is 6.04 Å². The number of hydrogen-bond donors (Lipinski definition) is 2. The van der Waals surface area contributed by atoms with Gasteiger partial charge in [-0.15, -0.1) is 0 Å². The van der Waals surface area contributed by atoms with Crippen LogP contribution in [0.25, 0.3) is 6.08 Å². The fourth-order valence-electron chi connectivity index (χ4n) is 2.34. The van der Waals surface area contributed by atoms with Crippen molar-refractivity contribution in [1.82, 2.24) is 10.3 Å². The Hall–Kier alpha value is -2.37. The summed E-state index contributed by atoms with van der Waals surface area (Å²) in [6.07, 6.45) is 7.37. The van der Waals surface area contributed by atoms with Gasteiger partial charge in [0.15, 0.2) is 0 Å². The van der Waals surface area contributed by atoms with E-state index in [2.05, 4.69) is 17.2 Å². The van der Waals surface area contributed by atoms with Gasteiger partial charge in [0, 0.05) is 18.3 Å². The lowest BCUT2D eigenvalue weighted by molar-refractivity contribution is -0.124. The third kappa shape index (κ3) is 6.17. The molecule has 1 amide bonds. The number of nitrogens with zero attached hydrogens (tertiary/aromatic N) is 1. The first-order valence-corrected chi connectivity index (χ1v) is 8.90. The van der Waals surface area contributed by atoms with E-state index < -0.39 is 12.5 Å². The van der Waals surface area contributed by atoms with Crippen molar-refractivity contribution in [2.75, 3.05) is 6.61 Å². The molecule has 0 saturated carbocycles. The first kappa shape index (κ1) is 19.9. The van der Waals surface area contributed by atoms with E-state index in [1.54, 1.807) is 12.3 Å². The standard InChI is InChI=1S/C20H23ClN2O3/c1-3-4-15-7-9-18(17(21)11-15)26-20-10-8-16(12-22-20)6-5-14(2)23-19(25)13-24/h5-12,14,24H,3-4,13H2,1-2H3,(H,23,25)/b6-5+/t14-/m0/s1. The van der Waals surface area contributed by atoms with E-state index in [9.17, 15) is 4.79 Å². The number of ether oxygens (including phenoxy) is 1. The van der Waals surface area contributed by atoms with Gasteiger partial charge < -0.3 is 15.2 Å². The van der Waals surface area contributed by atoms with Crippen LogP contribution in [0.5, 0.6) is 11.6 Å². The fraction of sp³-hybridized carbons (Fsp3) is 0.300. The second-order valence-electron chi connectivity index (χ2n) is 5.92. The van der Waals surface area contributed by atoms with E-state index in [0.717, 1.165) is 18.4 Å². The number of halogens is 1. The van der Waals surface area contributed by atoms with Gasteiger partial charge in [0.05, 0.1) is 5.02 Å². The molecule has 1 aromatic carbocycles. The van der Waals surface area contributed by atoms with Crippen molar-refractivity contribution < 1.29 is 14.6 Å². The predicted octanol–water partition coefficient (Wildman–Crippen LogP) is 3.99. The number of pyridine rings is 1. The summed E-state index contributed by atoms with van der Waals surface area (Å²) in [5.41, 5.74) is 2.05. The fourth-order valence-corrected chi connectivity index (χ4v) is 2.58. The van der Waals surface area contributed by atoms with Crippen LogP contribution in [0, 0.1) is 0 Å². The molecule has 1 aromatic heterocycles. The summed E-state index contributed by atoms with van der Waals surface area (Å²) in [6.45, 7) is 3.42. The molecule has 0 aliphatic carbocycles. The monoisotopic (exact) mass is 374 g/mol. The zero-order valence-electron chi connectivity index (χ0n) is 14.9. The lowest BCUT2D eigenvalue weighted by Crippen LogP contribution is -2.33. The first-order valence-electron chi connectivity index (χ1n) is 8.52. The molecule has 0 radical (unpaired) electrons. The molecule has 0 aliphatic heterocycles. The van der Waals surface area contributed by atoms with Crippen LogP contribution >= 0.6 is 11.6 Å². The molecule has 5 nitrogen and oxygen atoms in total. The Morgan fingerprint density at radius 2 is 2.19 bits per heavy atom. The van der Waals surface area contributed by atoms with Gasteiger partial charge in [0.2, 0.25) is 11.8 Å². The third-order valence-electron chi connectivity index (χ3n) is 3.62. The number of aliphatic hydroxyl groups excluding tert-OH is 1. The van der Waals surface area contributed by atoms with Crippen molar-refractivity contribution in [2.45, 2.75) is 32.7 Å². The molecule has 26 heavy (non-hydrogen) atoms. The zero-order chi connectivity index (χ0) is 18.9. The summed E-state index contributed by atoms with van der Waals surface area (Å²) in [5, 5.41) is 11.9. The molecular weight excluding hydrogens is 352 g/mol. The van der Waals surface area contributed by atoms with Crippen molar-refractivity contribution >= 4 is 23.6 Å². The van der Waals surface area contributed by atoms with Gasteiger partial charge in [-0.3, -0.25) is 4.79 Å². The van der Waals surface area contributed by atoms with Crippen molar-refractivity contribution in [3.05, 3.63) is 58.8 Å². The highest BCUT2D eigenvalue weighted by Gasteiger charge is 2.06. The molecule has 0 fully saturated rings. The van der Waals surface area contributed by atoms with Gasteiger partial charge in [-0.2, -0.15) is 0 Å². The van der Waals surface area contributed by atoms with E-state index in [1.165, 1.54) is 5.56 Å². The molecule has 0 bridgehead atoms. The number of hydrogen-bond acceptors (Lipinski definition) is 4. The maximum absolute atomic E-state index is 11.1. The van der Waals surface area contributed by atoms with Gasteiger partial charge in [0.1, 0.15) is 12.4 Å². The number of carbonyl (C=O) groups excluding carboxylic acids is 1. The lowest BCUT2D eigenvalue weighted by Gasteiger charge is -2.09. The zero-order valence-corrected chi connectivity index (χ0v) is 15.7. The number of benzene rings is 1. The Balaban J connectivity index is 1.98. The van der Waals surface area contributed by atoms with E-state index in [0.29, 0.717) is 16.7 Å². The summed E-state index contributed by atoms with van der Waals surface area (Å²) in [6, 6.07) is 9.20. The van der Waals surface area contributed by atoms with E-state index >= 15 is 0 Å². The van der Waals surface area contributed by atoms with Gasteiger partial charge in [-0.1, -0.05) is 43.2 Å². The van der Waals surface area contributed by atoms with Crippen molar-refractivity contribution in [3.63, 3.8) is 0 Å². The molecule has 0 saturated heterocycles. The Morgan fingerprint density at radius 3 is 2.81 bits per heavy atom. The van der Waals surface area contributed by atoms with Crippen LogP contribution in [0.2, 0.25) is 5.02 Å². The number of nitrogens with one attached hydrogen (secondary N) is 1. The molecular formula is C20H23ClN2O3. The van der Waals surface area contributed by atoms with Crippen LogP contribution in [0.4, 0.5) is 0 Å². The maximum atomic E-state index is 11.1. The summed E-state index contributed by atoms with van der Waals surface area (Å²) >= 11 is 6.27. The van der Waals surface area contributed by atoms with Crippen LogP contribution in [-0.4, -0.2) is 28.6 Å². The quantitative estimate of drug-likeness (QED) is 0.732. The molecule has 138 valence electrons. The van der Waals surface area contributed by atoms with Crippen LogP contribution in [0.3, 0.4) is 0 Å². The second kappa shape index (κ2) is 9.94. The van der Waals surface area contributed by atoms with Crippen molar-refractivity contribution in [2.24, 2.45) is 0 Å². The number of aromatic nitrogens is 1. The Kier molecular flexibility index (Phi) is 7.63. The van der Waals surface area contributed by atoms with Gasteiger partial charge >= 0.3 is 0 Å². The summed E-state index contributed by atoms with van der Waals surface area (Å²) < 4.78 is 5.74. The lowest BCUT2D eigenvalue weighted by atomic mass is 10.1. The van der Waals surface area contributed by atoms with Gasteiger partial charge in [-0.25, -0.2) is 4.98 Å². The number of aryl methyl sites for hydroxylation is 1. The summed E-state index contributed by atoms with van der Waals surface area (Å²) in [5.74, 6) is 0.613. The average Bonchev–Trinajstić information content (AvgIpc) is 2.63. The minimum absolute atomic E-state index is 0.189. The Labute approximate surface area is 158 Å². The highest BCUT2D eigenvalue weighted by molar-refractivity contribution is 6.32. The summed E-state index contributed by atoms with van der Waals surface area (Å²) in [4.78, 5) is 15.4. The SMILES string of the molecule is CCCc1ccc(Oc2ccc(/C=C/[C@H](C)NC(=O)CO)cn2)c(Cl)c1. The first-order chi connectivity index (χ1) is 12.5. The molecule has 2 aromatic rings. The highest BCUT2D eigenvalue weighted by Crippen LogP contribution is 2.29. The van der Waals surface area contributed by atoms with E-state index in [4.69, 9.17) is 21.4 Å². The molecule has 0 unspecified atom stereocenters. The van der Waals surface area contributed by atoms with Crippen molar-refractivity contribution in [3.8, 4) is 11.6 Å². The Morgan fingerprint density at radius 1 is 1.38 bits per heavy atom. The summed E-state index contributed by atoms with van der Waals surface area (Å²) in [7, 11) is 0. The van der Waals surface area contributed by atoms with Crippen LogP contribution in [-0.2, 0) is 11.2 Å². The molecule has 2 N–H and O–H groups in total. The Bertz CT molecular complexity index is 760. The molecule has 0 aliphatic rings. The number of amides is 1. The van der Waals surface area contributed by atoms with Crippen molar-refractivity contribution in [1.29, 1.82) is 0 Å². The van der Waals surface area contributed by atoms with Crippen LogP contribution < -0.4 is 10.1 Å². The van der Waals surface area contributed by atoms with Gasteiger partial charge in [0.25, 0.3) is 0 Å². The molecule has 1 atom stereocenters.